The third-order valence-electron chi connectivity index (χ3n) is 3.77. The van der Waals surface area contributed by atoms with E-state index >= 15 is 0 Å². The topological polar surface area (TPSA) is 106 Å². The molecule has 0 saturated heterocycles. The molecule has 0 amide bonds. The molecule has 0 aliphatic carbocycles. The van der Waals surface area contributed by atoms with E-state index in [2.05, 4.69) is 9.71 Å². The van der Waals surface area contributed by atoms with Crippen LogP contribution in [0.3, 0.4) is 0 Å². The number of aromatic nitrogens is 1. The number of benzene rings is 1. The lowest BCUT2D eigenvalue weighted by molar-refractivity contribution is -0.138. The third-order valence-corrected chi connectivity index (χ3v) is 5.38. The average Bonchev–Trinajstić information content (AvgIpc) is 2.56. The fraction of sp³-hybridized carbons (Fsp3) is 0.294. The molecular formula is C17H20N2O5S. The summed E-state index contributed by atoms with van der Waals surface area (Å²) in [6.45, 7) is 3.36. The molecule has 1 heterocycles. The number of ether oxygens (including phenoxy) is 1. The molecule has 1 atom stereocenters. The van der Waals surface area contributed by atoms with Gasteiger partial charge in [-0.15, -0.1) is 0 Å². The van der Waals surface area contributed by atoms with Crippen molar-refractivity contribution in [2.45, 2.75) is 31.2 Å². The highest BCUT2D eigenvalue weighted by molar-refractivity contribution is 7.89. The second-order valence-corrected chi connectivity index (χ2v) is 7.34. The number of hydrogen-bond acceptors (Lipinski definition) is 5. The highest BCUT2D eigenvalue weighted by Crippen LogP contribution is 2.25. The molecule has 0 fully saturated rings. The van der Waals surface area contributed by atoms with E-state index in [1.165, 1.54) is 25.6 Å². The van der Waals surface area contributed by atoms with Crippen molar-refractivity contribution in [1.29, 1.82) is 0 Å². The number of carboxylic acids is 1. The van der Waals surface area contributed by atoms with Gasteiger partial charge in [-0.1, -0.05) is 0 Å². The molecule has 2 rings (SSSR count). The molecule has 0 radical (unpaired) electrons. The number of nitrogens with one attached hydrogen (secondary N) is 1. The number of aryl methyl sites for hydroxylation is 2. The molecule has 25 heavy (non-hydrogen) atoms. The van der Waals surface area contributed by atoms with Crippen molar-refractivity contribution in [3.63, 3.8) is 0 Å². The van der Waals surface area contributed by atoms with Crippen LogP contribution < -0.4 is 9.46 Å². The zero-order valence-electron chi connectivity index (χ0n) is 14.2. The van der Waals surface area contributed by atoms with Gasteiger partial charge < -0.3 is 9.84 Å². The zero-order chi connectivity index (χ0) is 18.6. The Morgan fingerprint density at radius 2 is 1.88 bits per heavy atom. The minimum Gasteiger partial charge on any atom is -0.496 e. The molecule has 2 N–H and O–H groups in total. The smallest absolute Gasteiger partial charge is 0.322 e. The van der Waals surface area contributed by atoms with Gasteiger partial charge in [0.1, 0.15) is 11.8 Å². The predicted molar refractivity (Wildman–Crippen MR) is 92.2 cm³/mol. The van der Waals surface area contributed by atoms with E-state index < -0.39 is 22.0 Å². The van der Waals surface area contributed by atoms with Crippen LogP contribution in [0.15, 0.2) is 41.6 Å². The maximum absolute atomic E-state index is 12.7. The fourth-order valence-electron chi connectivity index (χ4n) is 2.46. The monoisotopic (exact) mass is 364 g/mol. The minimum atomic E-state index is -4.00. The first kappa shape index (κ1) is 18.9. The Balaban J connectivity index is 2.32. The van der Waals surface area contributed by atoms with E-state index in [9.17, 15) is 18.3 Å². The second kappa shape index (κ2) is 7.62. The van der Waals surface area contributed by atoms with Crippen LogP contribution in [0.1, 0.15) is 16.7 Å². The maximum Gasteiger partial charge on any atom is 0.322 e. The van der Waals surface area contributed by atoms with Gasteiger partial charge in [-0.3, -0.25) is 9.78 Å². The van der Waals surface area contributed by atoms with Crippen molar-refractivity contribution in [2.24, 2.45) is 0 Å². The first-order valence-corrected chi connectivity index (χ1v) is 9.02. The first-order valence-electron chi connectivity index (χ1n) is 7.54. The fourth-order valence-corrected chi connectivity index (χ4v) is 3.96. The van der Waals surface area contributed by atoms with E-state index in [1.54, 1.807) is 32.0 Å². The summed E-state index contributed by atoms with van der Waals surface area (Å²) in [6, 6.07) is 5.10. The van der Waals surface area contributed by atoms with Gasteiger partial charge in [0.05, 0.1) is 12.0 Å². The number of nitrogens with zero attached hydrogens (tertiary/aromatic N) is 1. The van der Waals surface area contributed by atoms with Gasteiger partial charge >= 0.3 is 5.97 Å². The summed E-state index contributed by atoms with van der Waals surface area (Å²) in [5.74, 6) is -0.675. The summed E-state index contributed by atoms with van der Waals surface area (Å²) in [7, 11) is -2.50. The lowest BCUT2D eigenvalue weighted by Crippen LogP contribution is -2.42. The SMILES string of the molecule is COc1cc(C)c(S(=O)(=O)NC(Cc2ccncc2)C(=O)O)cc1C. The molecule has 2 aromatic rings. The van der Waals surface area contributed by atoms with Crippen molar-refractivity contribution in [1.82, 2.24) is 9.71 Å². The summed E-state index contributed by atoms with van der Waals surface area (Å²) < 4.78 is 32.8. The first-order chi connectivity index (χ1) is 11.7. The summed E-state index contributed by atoms with van der Waals surface area (Å²) in [5, 5.41) is 9.39. The lowest BCUT2D eigenvalue weighted by Gasteiger charge is -2.17. The van der Waals surface area contributed by atoms with Gasteiger partial charge in [-0.05, 0) is 61.2 Å². The highest BCUT2D eigenvalue weighted by Gasteiger charge is 2.27. The van der Waals surface area contributed by atoms with Crippen LogP contribution in [-0.2, 0) is 21.2 Å². The van der Waals surface area contributed by atoms with Crippen LogP contribution in [-0.4, -0.2) is 37.6 Å². The molecule has 0 aliphatic rings. The predicted octanol–water partition coefficient (Wildman–Crippen LogP) is 1.68. The molecule has 1 aromatic carbocycles. The van der Waals surface area contributed by atoms with Gasteiger partial charge in [-0.25, -0.2) is 8.42 Å². The molecule has 1 unspecified atom stereocenters. The number of pyridine rings is 1. The number of rotatable bonds is 7. The van der Waals surface area contributed by atoms with Crippen LogP contribution in [0, 0.1) is 13.8 Å². The number of sulfonamides is 1. The largest absolute Gasteiger partial charge is 0.496 e. The zero-order valence-corrected chi connectivity index (χ0v) is 15.0. The van der Waals surface area contributed by atoms with Crippen molar-refractivity contribution in [2.75, 3.05) is 7.11 Å². The van der Waals surface area contributed by atoms with Crippen LogP contribution >= 0.6 is 0 Å². The lowest BCUT2D eigenvalue weighted by atomic mass is 10.1. The molecule has 7 nitrogen and oxygen atoms in total. The normalized spacial score (nSPS) is 12.6. The Morgan fingerprint density at radius 1 is 1.24 bits per heavy atom. The number of carbonyl (C=O) groups is 1. The number of methoxy groups -OCH3 is 1. The van der Waals surface area contributed by atoms with Gasteiger partial charge in [-0.2, -0.15) is 4.72 Å². The van der Waals surface area contributed by atoms with Gasteiger partial charge in [0.15, 0.2) is 0 Å². The van der Waals surface area contributed by atoms with Gasteiger partial charge in [0, 0.05) is 12.4 Å². The quantitative estimate of drug-likeness (QED) is 0.774. The van der Waals surface area contributed by atoms with Crippen LogP contribution in [0.2, 0.25) is 0 Å². The second-order valence-electron chi connectivity index (χ2n) is 5.66. The van der Waals surface area contributed by atoms with Crippen molar-refractivity contribution in [3.05, 3.63) is 53.3 Å². The maximum atomic E-state index is 12.7. The summed E-state index contributed by atoms with van der Waals surface area (Å²) in [6.07, 6.45) is 3.07. The Bertz CT molecular complexity index is 866. The number of carboxylic acid groups (broad SMARTS) is 1. The summed E-state index contributed by atoms with van der Waals surface area (Å²) in [5.41, 5.74) is 1.80. The van der Waals surface area contributed by atoms with E-state index in [0.29, 0.717) is 22.4 Å². The Kier molecular flexibility index (Phi) is 5.76. The van der Waals surface area contributed by atoms with Crippen LogP contribution in [0.25, 0.3) is 0 Å². The van der Waals surface area contributed by atoms with Crippen LogP contribution in [0.5, 0.6) is 5.75 Å². The Hall–Kier alpha value is -2.45. The van der Waals surface area contributed by atoms with E-state index in [1.807, 2.05) is 0 Å². The van der Waals surface area contributed by atoms with Crippen LogP contribution in [0.4, 0.5) is 0 Å². The Labute approximate surface area is 146 Å². The van der Waals surface area contributed by atoms with E-state index in [0.717, 1.165) is 0 Å². The molecule has 8 heteroatoms. The average molecular weight is 364 g/mol. The summed E-state index contributed by atoms with van der Waals surface area (Å²) >= 11 is 0. The van der Waals surface area contributed by atoms with E-state index in [4.69, 9.17) is 4.74 Å². The number of aliphatic carboxylic acids is 1. The van der Waals surface area contributed by atoms with Crippen molar-refractivity contribution < 1.29 is 23.1 Å². The molecular weight excluding hydrogens is 344 g/mol. The molecule has 1 aromatic heterocycles. The summed E-state index contributed by atoms with van der Waals surface area (Å²) in [4.78, 5) is 15.4. The van der Waals surface area contributed by atoms with Gasteiger partial charge in [0.2, 0.25) is 10.0 Å². The number of hydrogen-bond donors (Lipinski definition) is 2. The van der Waals surface area contributed by atoms with Crippen molar-refractivity contribution >= 4 is 16.0 Å². The van der Waals surface area contributed by atoms with Gasteiger partial charge in [0.25, 0.3) is 0 Å². The van der Waals surface area contributed by atoms with E-state index in [-0.39, 0.29) is 11.3 Å². The Morgan fingerprint density at radius 3 is 2.44 bits per heavy atom. The van der Waals surface area contributed by atoms with Crippen molar-refractivity contribution in [3.8, 4) is 5.75 Å². The third kappa shape index (κ3) is 4.55. The molecule has 0 aliphatic heterocycles. The molecule has 0 bridgehead atoms. The molecule has 0 spiro atoms. The standard InChI is InChI=1S/C17H20N2O5S/c1-11-9-16(12(2)8-15(11)24-3)25(22,23)19-14(17(20)21)10-13-4-6-18-7-5-13/h4-9,14,19H,10H2,1-3H3,(H,20,21). The molecule has 0 saturated carbocycles. The minimum absolute atomic E-state index is 0.0191. The highest BCUT2D eigenvalue weighted by atomic mass is 32.2. The molecule has 134 valence electrons.